The van der Waals surface area contributed by atoms with Gasteiger partial charge in [-0.1, -0.05) is 38.3 Å². The van der Waals surface area contributed by atoms with Crippen LogP contribution in [0.25, 0.3) is 0 Å². The van der Waals surface area contributed by atoms with Crippen LogP contribution in [0.5, 0.6) is 0 Å². The summed E-state index contributed by atoms with van der Waals surface area (Å²) in [7, 11) is 0. The Morgan fingerprint density at radius 3 is 2.75 bits per heavy atom. The van der Waals surface area contributed by atoms with Crippen LogP contribution in [0.2, 0.25) is 0 Å². The maximum Gasteiger partial charge on any atom is 0.243 e. The Labute approximate surface area is 145 Å². The van der Waals surface area contributed by atoms with Gasteiger partial charge in [0.2, 0.25) is 5.91 Å². The van der Waals surface area contributed by atoms with Crippen LogP contribution in [0, 0.1) is 11.8 Å². The number of rotatable bonds is 12. The highest BCUT2D eigenvalue weighted by Gasteiger charge is 2.48. The number of carbonyl (C=O) groups is 1. The molecule has 5 heteroatoms. The van der Waals surface area contributed by atoms with Crippen molar-refractivity contribution in [2.45, 2.75) is 76.9 Å². The maximum atomic E-state index is 11.0. The third-order valence-electron chi connectivity index (χ3n) is 5.28. The van der Waals surface area contributed by atoms with Gasteiger partial charge in [-0.3, -0.25) is 10.0 Å². The van der Waals surface area contributed by atoms with E-state index in [0.717, 1.165) is 26.1 Å². The summed E-state index contributed by atoms with van der Waals surface area (Å²) in [6.45, 7) is 3.91. The van der Waals surface area contributed by atoms with Crippen molar-refractivity contribution in [3.63, 3.8) is 0 Å². The van der Waals surface area contributed by atoms with Crippen molar-refractivity contribution in [3.05, 3.63) is 12.2 Å². The van der Waals surface area contributed by atoms with Crippen LogP contribution < -0.4 is 5.48 Å². The molecule has 0 unspecified atom stereocenters. The molecule has 2 aliphatic rings. The lowest BCUT2D eigenvalue weighted by Crippen LogP contribution is -2.30. The first-order valence-corrected chi connectivity index (χ1v) is 9.57. The Morgan fingerprint density at radius 2 is 2.00 bits per heavy atom. The molecule has 138 valence electrons. The van der Waals surface area contributed by atoms with Gasteiger partial charge in [0, 0.05) is 18.9 Å². The second kappa shape index (κ2) is 10.9. The summed E-state index contributed by atoms with van der Waals surface area (Å²) in [5.74, 6) is 0.722. The largest absolute Gasteiger partial charge is 0.381 e. The van der Waals surface area contributed by atoms with E-state index in [9.17, 15) is 4.79 Å². The molecular weight excluding hydrogens is 306 g/mol. The van der Waals surface area contributed by atoms with Gasteiger partial charge in [-0.05, 0) is 38.0 Å². The fourth-order valence-corrected chi connectivity index (χ4v) is 3.92. The van der Waals surface area contributed by atoms with Crippen LogP contribution in [0.4, 0.5) is 0 Å². The smallest absolute Gasteiger partial charge is 0.243 e. The van der Waals surface area contributed by atoms with Gasteiger partial charge in [0.25, 0.3) is 0 Å². The molecule has 0 aliphatic carbocycles. The van der Waals surface area contributed by atoms with Crippen LogP contribution >= 0.6 is 0 Å². The summed E-state index contributed by atoms with van der Waals surface area (Å²) in [6, 6.07) is 0. The van der Waals surface area contributed by atoms with Crippen molar-refractivity contribution >= 4 is 5.91 Å². The second-order valence-electron chi connectivity index (χ2n) is 7.03. The molecule has 0 spiro atoms. The Hall–Kier alpha value is -0.910. The van der Waals surface area contributed by atoms with Gasteiger partial charge in [-0.15, -0.1) is 0 Å². The van der Waals surface area contributed by atoms with Crippen LogP contribution in [-0.4, -0.2) is 36.5 Å². The molecule has 2 saturated heterocycles. The SMILES string of the molecule is CCCCCCOC[C@H]1[C@@H](C/C=C\CCC(=O)NO)[C@H]2CC[C@@H]1O2. The van der Waals surface area contributed by atoms with E-state index in [1.54, 1.807) is 5.48 Å². The lowest BCUT2D eigenvalue weighted by molar-refractivity contribution is -0.129. The number of ether oxygens (including phenoxy) is 2. The molecular formula is C19H33NO4. The quantitative estimate of drug-likeness (QED) is 0.247. The third-order valence-corrected chi connectivity index (χ3v) is 5.28. The van der Waals surface area contributed by atoms with Crippen molar-refractivity contribution in [1.29, 1.82) is 0 Å². The zero-order chi connectivity index (χ0) is 17.2. The zero-order valence-corrected chi connectivity index (χ0v) is 14.9. The first kappa shape index (κ1) is 19.4. The highest BCUT2D eigenvalue weighted by Crippen LogP contribution is 2.45. The molecule has 2 aliphatic heterocycles. The van der Waals surface area contributed by atoms with Crippen LogP contribution in [0.1, 0.15) is 64.7 Å². The highest BCUT2D eigenvalue weighted by molar-refractivity contribution is 5.74. The van der Waals surface area contributed by atoms with Gasteiger partial charge in [0.15, 0.2) is 0 Å². The van der Waals surface area contributed by atoms with Crippen molar-refractivity contribution in [2.75, 3.05) is 13.2 Å². The summed E-state index contributed by atoms with van der Waals surface area (Å²) in [5, 5.41) is 8.47. The number of hydrogen-bond donors (Lipinski definition) is 2. The van der Waals surface area contributed by atoms with Gasteiger partial charge < -0.3 is 9.47 Å². The molecule has 1 amide bonds. The number of hydroxylamine groups is 1. The third kappa shape index (κ3) is 5.87. The normalized spacial score (nSPS) is 28.8. The van der Waals surface area contributed by atoms with E-state index in [0.29, 0.717) is 36.9 Å². The minimum atomic E-state index is -0.336. The topological polar surface area (TPSA) is 67.8 Å². The fourth-order valence-electron chi connectivity index (χ4n) is 3.92. The summed E-state index contributed by atoms with van der Waals surface area (Å²) < 4.78 is 12.0. The fraction of sp³-hybridized carbons (Fsp3) is 0.842. The van der Waals surface area contributed by atoms with Crippen molar-refractivity contribution < 1.29 is 19.5 Å². The highest BCUT2D eigenvalue weighted by atomic mass is 16.5. The molecule has 0 aromatic heterocycles. The summed E-state index contributed by atoms with van der Waals surface area (Å²) >= 11 is 0. The van der Waals surface area contributed by atoms with Crippen LogP contribution in [0.15, 0.2) is 12.2 Å². The summed E-state index contributed by atoms with van der Waals surface area (Å²) in [5.41, 5.74) is 1.66. The molecule has 0 radical (unpaired) electrons. The predicted octanol–water partition coefficient (Wildman–Crippen LogP) is 3.61. The number of carbonyl (C=O) groups excluding carboxylic acids is 1. The van der Waals surface area contributed by atoms with Crippen molar-refractivity contribution in [1.82, 2.24) is 5.48 Å². The standard InChI is InChI=1S/C19H33NO4/c1-2-3-4-8-13-23-14-16-15(17-11-12-18(16)24-17)9-6-5-7-10-19(21)20-22/h5-6,15-18,22H,2-4,7-14H2,1H3,(H,20,21)/b6-5-/t15-,16+,17-,18+/m1/s1. The molecule has 0 aromatic rings. The lowest BCUT2D eigenvalue weighted by Gasteiger charge is -2.27. The van der Waals surface area contributed by atoms with E-state index < -0.39 is 0 Å². The van der Waals surface area contributed by atoms with E-state index >= 15 is 0 Å². The van der Waals surface area contributed by atoms with E-state index in [-0.39, 0.29) is 5.91 Å². The average Bonchev–Trinajstić information content (AvgIpc) is 3.19. The zero-order valence-electron chi connectivity index (χ0n) is 14.9. The van der Waals surface area contributed by atoms with Gasteiger partial charge in [0.05, 0.1) is 18.8 Å². The minimum absolute atomic E-state index is 0.324. The van der Waals surface area contributed by atoms with E-state index in [2.05, 4.69) is 13.0 Å². The summed E-state index contributed by atoms with van der Waals surface area (Å²) in [4.78, 5) is 11.0. The number of fused-ring (bicyclic) bond motifs is 2. The molecule has 2 N–H and O–H groups in total. The van der Waals surface area contributed by atoms with Gasteiger partial charge in [-0.2, -0.15) is 0 Å². The number of nitrogens with one attached hydrogen (secondary N) is 1. The van der Waals surface area contributed by atoms with E-state index in [1.165, 1.54) is 32.1 Å². The Balaban J connectivity index is 1.67. The molecule has 0 aromatic carbocycles. The first-order chi connectivity index (χ1) is 11.8. The number of allylic oxidation sites excluding steroid dienone is 2. The van der Waals surface area contributed by atoms with Gasteiger partial charge >= 0.3 is 0 Å². The van der Waals surface area contributed by atoms with Gasteiger partial charge in [0.1, 0.15) is 0 Å². The molecule has 2 fully saturated rings. The van der Waals surface area contributed by atoms with E-state index in [4.69, 9.17) is 14.7 Å². The number of hydrogen-bond acceptors (Lipinski definition) is 4. The Bertz CT molecular complexity index is 399. The molecule has 24 heavy (non-hydrogen) atoms. The van der Waals surface area contributed by atoms with Crippen molar-refractivity contribution in [2.24, 2.45) is 11.8 Å². The molecule has 4 atom stereocenters. The van der Waals surface area contributed by atoms with Crippen molar-refractivity contribution in [3.8, 4) is 0 Å². The first-order valence-electron chi connectivity index (χ1n) is 9.57. The monoisotopic (exact) mass is 339 g/mol. The van der Waals surface area contributed by atoms with E-state index in [1.807, 2.05) is 6.08 Å². The number of amides is 1. The molecule has 2 rings (SSSR count). The number of unbranched alkanes of at least 4 members (excludes halogenated alkanes) is 3. The lowest BCUT2D eigenvalue weighted by atomic mass is 9.78. The molecule has 2 bridgehead atoms. The maximum absolute atomic E-state index is 11.0. The summed E-state index contributed by atoms with van der Waals surface area (Å²) in [6.07, 6.45) is 14.2. The Morgan fingerprint density at radius 1 is 1.21 bits per heavy atom. The average molecular weight is 339 g/mol. The van der Waals surface area contributed by atoms with Gasteiger partial charge in [-0.25, -0.2) is 5.48 Å². The predicted molar refractivity (Wildman–Crippen MR) is 92.8 cm³/mol. The van der Waals surface area contributed by atoms with Crippen LogP contribution in [-0.2, 0) is 14.3 Å². The minimum Gasteiger partial charge on any atom is -0.381 e. The second-order valence-corrected chi connectivity index (χ2v) is 7.03. The molecule has 0 saturated carbocycles. The van der Waals surface area contributed by atoms with Crippen LogP contribution in [0.3, 0.4) is 0 Å². The Kier molecular flexibility index (Phi) is 8.78. The molecule has 2 heterocycles. The molecule has 5 nitrogen and oxygen atoms in total.